The largest absolute Gasteiger partial charge is 0.417 e. The number of nitrogens with one attached hydrogen (secondary N) is 2. The topological polar surface area (TPSA) is 135 Å². The van der Waals surface area contributed by atoms with E-state index in [9.17, 15) is 23.3 Å². The molecule has 130 valence electrons. The van der Waals surface area contributed by atoms with Crippen LogP contribution in [0.15, 0.2) is 44.4 Å². The summed E-state index contributed by atoms with van der Waals surface area (Å²) in [6.07, 6.45) is 0. The first-order valence-corrected chi connectivity index (χ1v) is 8.64. The minimum atomic E-state index is -4.17. The normalized spacial score (nSPS) is 11.6. The van der Waals surface area contributed by atoms with Gasteiger partial charge in [0.25, 0.3) is 15.7 Å². The molecule has 0 aliphatic rings. The molecule has 3 aromatic rings. The van der Waals surface area contributed by atoms with Gasteiger partial charge in [-0.1, -0.05) is 17.7 Å². The van der Waals surface area contributed by atoms with Crippen molar-refractivity contribution in [1.29, 1.82) is 0 Å². The van der Waals surface area contributed by atoms with E-state index >= 15 is 0 Å². The molecule has 11 heteroatoms. The molecule has 2 aromatic carbocycles. The fourth-order valence-electron chi connectivity index (χ4n) is 2.29. The van der Waals surface area contributed by atoms with E-state index in [1.54, 1.807) is 0 Å². The number of H-pyrrole nitrogens is 1. The maximum Gasteiger partial charge on any atom is 0.417 e. The number of hydrogen-bond acceptors (Lipinski definition) is 6. The van der Waals surface area contributed by atoms with Crippen LogP contribution in [0.3, 0.4) is 0 Å². The molecule has 0 atom stereocenters. The van der Waals surface area contributed by atoms with Crippen LogP contribution < -0.4 is 10.5 Å². The molecule has 0 spiro atoms. The van der Waals surface area contributed by atoms with Gasteiger partial charge in [0.05, 0.1) is 26.7 Å². The van der Waals surface area contributed by atoms with Crippen molar-refractivity contribution in [2.75, 3.05) is 4.72 Å². The van der Waals surface area contributed by atoms with Crippen LogP contribution in [0.4, 0.5) is 11.4 Å². The quantitative estimate of drug-likeness (QED) is 0.525. The van der Waals surface area contributed by atoms with Gasteiger partial charge in [-0.2, -0.15) is 0 Å². The Morgan fingerprint density at radius 3 is 2.72 bits per heavy atom. The van der Waals surface area contributed by atoms with Crippen LogP contribution >= 0.6 is 11.6 Å². The minimum Gasteiger partial charge on any atom is -0.408 e. The van der Waals surface area contributed by atoms with E-state index in [1.165, 1.54) is 31.2 Å². The number of aromatic nitrogens is 1. The Morgan fingerprint density at radius 1 is 1.32 bits per heavy atom. The van der Waals surface area contributed by atoms with Crippen molar-refractivity contribution in [2.24, 2.45) is 0 Å². The number of halogens is 1. The second-order valence-corrected chi connectivity index (χ2v) is 7.16. The third-order valence-corrected chi connectivity index (χ3v) is 5.34. The van der Waals surface area contributed by atoms with Crippen molar-refractivity contribution < 1.29 is 17.8 Å². The van der Waals surface area contributed by atoms with E-state index < -0.39 is 20.7 Å². The van der Waals surface area contributed by atoms with Crippen LogP contribution in [0.25, 0.3) is 11.1 Å². The van der Waals surface area contributed by atoms with E-state index in [-0.39, 0.29) is 38.0 Å². The number of nitro benzene ring substituents is 1. The molecular formula is C14H10ClN3O6S. The van der Waals surface area contributed by atoms with Gasteiger partial charge < -0.3 is 4.42 Å². The minimum absolute atomic E-state index is 0.0190. The first-order valence-electron chi connectivity index (χ1n) is 6.78. The summed E-state index contributed by atoms with van der Waals surface area (Å²) in [5.41, 5.74) is 0.242. The van der Waals surface area contributed by atoms with Gasteiger partial charge in [-0.3, -0.25) is 19.8 Å². The van der Waals surface area contributed by atoms with Crippen LogP contribution in [0, 0.1) is 17.0 Å². The Balaban J connectivity index is 2.09. The first-order chi connectivity index (χ1) is 11.7. The highest BCUT2D eigenvalue weighted by atomic mass is 35.5. The van der Waals surface area contributed by atoms with E-state index in [1.807, 2.05) is 0 Å². The Hall–Kier alpha value is -2.85. The Bertz CT molecular complexity index is 1170. The third-order valence-electron chi connectivity index (χ3n) is 3.51. The lowest BCUT2D eigenvalue weighted by Crippen LogP contribution is -2.14. The fraction of sp³-hybridized carbons (Fsp3) is 0.0714. The molecule has 3 rings (SSSR count). The monoisotopic (exact) mass is 383 g/mol. The average molecular weight is 384 g/mol. The number of nitrogens with zero attached hydrogens (tertiary/aromatic N) is 1. The second-order valence-electron chi connectivity index (χ2n) is 5.11. The van der Waals surface area contributed by atoms with Crippen molar-refractivity contribution in [3.8, 4) is 0 Å². The van der Waals surface area contributed by atoms with Crippen LogP contribution in [0.5, 0.6) is 0 Å². The van der Waals surface area contributed by atoms with Gasteiger partial charge in [-0.05, 0) is 19.1 Å². The zero-order valence-corrected chi connectivity index (χ0v) is 14.1. The number of rotatable bonds is 4. The summed E-state index contributed by atoms with van der Waals surface area (Å²) in [7, 11) is -4.17. The van der Waals surface area contributed by atoms with Crippen LogP contribution in [0.2, 0.25) is 5.02 Å². The zero-order chi connectivity index (χ0) is 18.4. The molecular weight excluding hydrogens is 374 g/mol. The number of aromatic amines is 1. The standard InChI is InChI=1S/C14H10ClN3O6S/c1-7-9(3-2-4-11(7)18(20)21)17-25(22,23)13-6-12-10(5-8(13)15)16-14(19)24-12/h2-6,17H,1H3,(H,16,19). The number of hydrogen-bond donors (Lipinski definition) is 2. The summed E-state index contributed by atoms with van der Waals surface area (Å²) in [6.45, 7) is 1.42. The molecule has 2 N–H and O–H groups in total. The molecule has 0 amide bonds. The van der Waals surface area contributed by atoms with Crippen molar-refractivity contribution >= 4 is 44.1 Å². The van der Waals surface area contributed by atoms with E-state index in [0.29, 0.717) is 0 Å². The predicted octanol–water partition coefficient (Wildman–Crippen LogP) is 2.79. The fourth-order valence-corrected chi connectivity index (χ4v) is 3.96. The van der Waals surface area contributed by atoms with Gasteiger partial charge in [0.15, 0.2) is 5.58 Å². The van der Waals surface area contributed by atoms with Crippen molar-refractivity contribution in [3.05, 3.63) is 61.6 Å². The van der Waals surface area contributed by atoms with Crippen LogP contribution in [-0.2, 0) is 10.0 Å². The number of nitro groups is 1. The molecule has 9 nitrogen and oxygen atoms in total. The zero-order valence-electron chi connectivity index (χ0n) is 12.6. The number of oxazole rings is 1. The summed E-state index contributed by atoms with van der Waals surface area (Å²) < 4.78 is 32.3. The number of fused-ring (bicyclic) bond motifs is 1. The third kappa shape index (κ3) is 3.08. The van der Waals surface area contributed by atoms with Crippen molar-refractivity contribution in [3.63, 3.8) is 0 Å². The lowest BCUT2D eigenvalue weighted by Gasteiger charge is -2.11. The lowest BCUT2D eigenvalue weighted by molar-refractivity contribution is -0.385. The summed E-state index contributed by atoms with van der Waals surface area (Å²) in [6, 6.07) is 6.36. The van der Waals surface area contributed by atoms with Gasteiger partial charge in [0.1, 0.15) is 4.90 Å². The second kappa shape index (κ2) is 5.90. The lowest BCUT2D eigenvalue weighted by atomic mass is 10.2. The number of benzene rings is 2. The highest BCUT2D eigenvalue weighted by molar-refractivity contribution is 7.92. The van der Waals surface area contributed by atoms with Gasteiger partial charge in [0, 0.05) is 12.1 Å². The van der Waals surface area contributed by atoms with Gasteiger partial charge in [-0.25, -0.2) is 13.2 Å². The van der Waals surface area contributed by atoms with Gasteiger partial charge in [-0.15, -0.1) is 0 Å². The first kappa shape index (κ1) is 17.0. The predicted molar refractivity (Wildman–Crippen MR) is 90.5 cm³/mol. The number of sulfonamides is 1. The molecule has 0 aliphatic carbocycles. The Labute approximate surface area is 145 Å². The molecule has 0 saturated heterocycles. The van der Waals surface area contributed by atoms with Crippen LogP contribution in [-0.4, -0.2) is 18.3 Å². The molecule has 0 unspecified atom stereocenters. The van der Waals surface area contributed by atoms with Crippen LogP contribution in [0.1, 0.15) is 5.56 Å². The molecule has 25 heavy (non-hydrogen) atoms. The molecule has 0 radical (unpaired) electrons. The summed E-state index contributed by atoms with van der Waals surface area (Å²) in [5, 5.41) is 10.8. The SMILES string of the molecule is Cc1c(NS(=O)(=O)c2cc3oc(=O)[nH]c3cc2Cl)cccc1[N+](=O)[O-]. The Morgan fingerprint density at radius 2 is 2.04 bits per heavy atom. The maximum absolute atomic E-state index is 12.6. The summed E-state index contributed by atoms with van der Waals surface area (Å²) >= 11 is 5.99. The summed E-state index contributed by atoms with van der Waals surface area (Å²) in [4.78, 5) is 23.6. The van der Waals surface area contributed by atoms with Crippen molar-refractivity contribution in [1.82, 2.24) is 4.98 Å². The summed E-state index contributed by atoms with van der Waals surface area (Å²) in [5.74, 6) is -0.747. The van der Waals surface area contributed by atoms with Crippen molar-refractivity contribution in [2.45, 2.75) is 11.8 Å². The highest BCUT2D eigenvalue weighted by Crippen LogP contribution is 2.30. The molecule has 0 bridgehead atoms. The molecule has 1 heterocycles. The highest BCUT2D eigenvalue weighted by Gasteiger charge is 2.23. The number of anilines is 1. The van der Waals surface area contributed by atoms with E-state index in [2.05, 4.69) is 9.71 Å². The van der Waals surface area contributed by atoms with E-state index in [4.69, 9.17) is 16.0 Å². The Kier molecular flexibility index (Phi) is 4.01. The maximum atomic E-state index is 12.6. The van der Waals surface area contributed by atoms with Gasteiger partial charge >= 0.3 is 5.76 Å². The van der Waals surface area contributed by atoms with Gasteiger partial charge in [0.2, 0.25) is 0 Å². The average Bonchev–Trinajstić information content (AvgIpc) is 2.87. The molecule has 0 aliphatic heterocycles. The molecule has 0 fully saturated rings. The molecule has 0 saturated carbocycles. The molecule has 1 aromatic heterocycles. The smallest absolute Gasteiger partial charge is 0.408 e. The van der Waals surface area contributed by atoms with E-state index in [0.717, 1.165) is 6.07 Å².